The third-order valence-corrected chi connectivity index (χ3v) is 5.50. The second-order valence-electron chi connectivity index (χ2n) is 7.21. The molecular formula is C25H20ClFN2O2. The van der Waals surface area contributed by atoms with Crippen LogP contribution in [0, 0.1) is 12.7 Å². The lowest BCUT2D eigenvalue weighted by Gasteiger charge is -2.25. The molecular weight excluding hydrogens is 415 g/mol. The number of hydrogen-bond donors (Lipinski definition) is 0. The quantitative estimate of drug-likeness (QED) is 0.491. The molecule has 6 heteroatoms. The predicted molar refractivity (Wildman–Crippen MR) is 121 cm³/mol. The monoisotopic (exact) mass is 434 g/mol. The van der Waals surface area contributed by atoms with E-state index < -0.39 is 17.6 Å². The summed E-state index contributed by atoms with van der Waals surface area (Å²) in [5.74, 6) is -1.56. The van der Waals surface area contributed by atoms with E-state index in [2.05, 4.69) is 0 Å². The summed E-state index contributed by atoms with van der Waals surface area (Å²) in [6.45, 7) is 4.35. The van der Waals surface area contributed by atoms with Crippen molar-refractivity contribution in [1.29, 1.82) is 0 Å². The smallest absolute Gasteiger partial charge is 0.282 e. The van der Waals surface area contributed by atoms with E-state index in [-0.39, 0.29) is 16.4 Å². The number of rotatable bonds is 5. The van der Waals surface area contributed by atoms with Crippen LogP contribution in [0.4, 0.5) is 15.8 Å². The molecule has 3 aromatic carbocycles. The van der Waals surface area contributed by atoms with Crippen molar-refractivity contribution in [3.8, 4) is 0 Å². The van der Waals surface area contributed by atoms with Gasteiger partial charge in [0.1, 0.15) is 11.5 Å². The molecule has 0 saturated heterocycles. The Balaban J connectivity index is 1.91. The van der Waals surface area contributed by atoms with Gasteiger partial charge in [-0.1, -0.05) is 59.6 Å². The molecule has 0 fully saturated rings. The Morgan fingerprint density at radius 2 is 1.61 bits per heavy atom. The summed E-state index contributed by atoms with van der Waals surface area (Å²) < 4.78 is 13.7. The molecule has 0 radical (unpaired) electrons. The van der Waals surface area contributed by atoms with Crippen molar-refractivity contribution < 1.29 is 14.0 Å². The van der Waals surface area contributed by atoms with Gasteiger partial charge in [0.05, 0.1) is 16.3 Å². The number of benzene rings is 3. The number of carbonyl (C=O) groups is 2. The average molecular weight is 435 g/mol. The number of halogens is 2. The van der Waals surface area contributed by atoms with Crippen LogP contribution in [-0.2, 0) is 9.59 Å². The van der Waals surface area contributed by atoms with Gasteiger partial charge in [-0.15, -0.1) is 0 Å². The third kappa shape index (κ3) is 3.73. The maximum Gasteiger partial charge on any atom is 0.282 e. The molecule has 0 aliphatic carbocycles. The number of anilines is 2. The molecule has 156 valence electrons. The first-order valence-electron chi connectivity index (χ1n) is 9.90. The van der Waals surface area contributed by atoms with Crippen molar-refractivity contribution >= 4 is 40.4 Å². The Morgan fingerprint density at radius 1 is 0.935 bits per heavy atom. The molecule has 1 aliphatic rings. The summed E-state index contributed by atoms with van der Waals surface area (Å²) in [4.78, 5) is 30.0. The van der Waals surface area contributed by atoms with E-state index in [1.54, 1.807) is 0 Å². The maximum absolute atomic E-state index is 13.7. The Labute approximate surface area is 185 Å². The number of likely N-dealkylation sites (N-methyl/N-ethyl adjacent to an activating group) is 1. The minimum absolute atomic E-state index is 0.154. The summed E-state index contributed by atoms with van der Waals surface area (Å²) >= 11 is 5.93. The molecule has 0 atom stereocenters. The number of imide groups is 1. The van der Waals surface area contributed by atoms with Gasteiger partial charge in [-0.2, -0.15) is 0 Å². The zero-order valence-corrected chi connectivity index (χ0v) is 17.9. The van der Waals surface area contributed by atoms with Gasteiger partial charge >= 0.3 is 0 Å². The summed E-state index contributed by atoms with van der Waals surface area (Å²) in [6.07, 6.45) is 0. The van der Waals surface area contributed by atoms with E-state index >= 15 is 0 Å². The minimum Gasteiger partial charge on any atom is -0.337 e. The van der Waals surface area contributed by atoms with Crippen molar-refractivity contribution in [3.05, 3.63) is 100 Å². The summed E-state index contributed by atoms with van der Waals surface area (Å²) in [6, 6.07) is 20.7. The third-order valence-electron chi connectivity index (χ3n) is 5.22. The van der Waals surface area contributed by atoms with E-state index in [4.69, 9.17) is 11.6 Å². The van der Waals surface area contributed by atoms with Gasteiger partial charge in [0, 0.05) is 12.2 Å². The highest BCUT2D eigenvalue weighted by molar-refractivity contribution is 6.46. The molecule has 2 amide bonds. The number of para-hydroxylation sites is 1. The first kappa shape index (κ1) is 20.8. The van der Waals surface area contributed by atoms with Gasteiger partial charge in [0.15, 0.2) is 0 Å². The Kier molecular flexibility index (Phi) is 5.61. The standard InChI is InChI=1S/C25H20ClFN2O2/c1-3-28(18-7-5-4-6-8-18)23-22(17-11-9-16(2)10-12-17)24(30)29(25(23)31)19-13-14-21(27)20(26)15-19/h4-15H,3H2,1-2H3. The van der Waals surface area contributed by atoms with E-state index in [0.717, 1.165) is 22.2 Å². The lowest BCUT2D eigenvalue weighted by atomic mass is 10.0. The minimum atomic E-state index is -0.615. The summed E-state index contributed by atoms with van der Waals surface area (Å²) in [7, 11) is 0. The van der Waals surface area contributed by atoms with Gasteiger partial charge in [-0.25, -0.2) is 9.29 Å². The van der Waals surface area contributed by atoms with Crippen molar-refractivity contribution in [2.45, 2.75) is 13.8 Å². The molecule has 0 spiro atoms. The molecule has 0 saturated carbocycles. The summed E-state index contributed by atoms with van der Waals surface area (Å²) in [5, 5.41) is -0.154. The first-order chi connectivity index (χ1) is 14.9. The Morgan fingerprint density at radius 3 is 2.23 bits per heavy atom. The molecule has 0 unspecified atom stereocenters. The molecule has 1 heterocycles. The van der Waals surface area contributed by atoms with Crippen molar-refractivity contribution in [1.82, 2.24) is 0 Å². The van der Waals surface area contributed by atoms with Crippen molar-refractivity contribution in [2.75, 3.05) is 16.3 Å². The highest BCUT2D eigenvalue weighted by atomic mass is 35.5. The van der Waals surface area contributed by atoms with Crippen LogP contribution in [0.15, 0.2) is 78.5 Å². The average Bonchev–Trinajstić information content (AvgIpc) is 3.02. The van der Waals surface area contributed by atoms with Gasteiger partial charge < -0.3 is 4.90 Å². The Hall–Kier alpha value is -3.44. The zero-order valence-electron chi connectivity index (χ0n) is 17.1. The molecule has 3 aromatic rings. The molecule has 4 nitrogen and oxygen atoms in total. The van der Waals surface area contributed by atoms with Crippen LogP contribution in [0.25, 0.3) is 5.57 Å². The number of carbonyl (C=O) groups excluding carboxylic acids is 2. The highest BCUT2D eigenvalue weighted by Gasteiger charge is 2.42. The molecule has 0 N–H and O–H groups in total. The van der Waals surface area contributed by atoms with E-state index in [1.807, 2.05) is 73.3 Å². The fourth-order valence-electron chi connectivity index (χ4n) is 3.69. The maximum atomic E-state index is 13.7. The highest BCUT2D eigenvalue weighted by Crippen LogP contribution is 2.37. The van der Waals surface area contributed by atoms with Crippen LogP contribution in [0.2, 0.25) is 5.02 Å². The fourth-order valence-corrected chi connectivity index (χ4v) is 3.86. The second kappa shape index (κ2) is 8.36. The van der Waals surface area contributed by atoms with Crippen LogP contribution in [0.1, 0.15) is 18.1 Å². The molecule has 4 rings (SSSR count). The number of aryl methyl sites for hydroxylation is 1. The fraction of sp³-hybridized carbons (Fsp3) is 0.120. The van der Waals surface area contributed by atoms with Gasteiger partial charge in [-0.05, 0) is 49.7 Å². The van der Waals surface area contributed by atoms with Gasteiger partial charge in [0.25, 0.3) is 11.8 Å². The number of amides is 2. The number of nitrogens with zero attached hydrogens (tertiary/aromatic N) is 2. The van der Waals surface area contributed by atoms with E-state index in [0.29, 0.717) is 17.7 Å². The largest absolute Gasteiger partial charge is 0.337 e. The number of hydrogen-bond acceptors (Lipinski definition) is 3. The molecule has 0 aromatic heterocycles. The molecule has 1 aliphatic heterocycles. The summed E-state index contributed by atoms with van der Waals surface area (Å²) in [5.41, 5.74) is 3.29. The van der Waals surface area contributed by atoms with Crippen LogP contribution < -0.4 is 9.80 Å². The van der Waals surface area contributed by atoms with Crippen LogP contribution in [0.3, 0.4) is 0 Å². The lowest BCUT2D eigenvalue weighted by Crippen LogP contribution is -2.35. The van der Waals surface area contributed by atoms with Crippen LogP contribution in [-0.4, -0.2) is 18.4 Å². The van der Waals surface area contributed by atoms with E-state index in [1.165, 1.54) is 12.1 Å². The normalized spacial score (nSPS) is 13.9. The predicted octanol–water partition coefficient (Wildman–Crippen LogP) is 5.60. The Bertz CT molecular complexity index is 1190. The topological polar surface area (TPSA) is 40.6 Å². The van der Waals surface area contributed by atoms with Gasteiger partial charge in [0.2, 0.25) is 0 Å². The van der Waals surface area contributed by atoms with Crippen LogP contribution >= 0.6 is 11.6 Å². The first-order valence-corrected chi connectivity index (χ1v) is 10.3. The molecule has 0 bridgehead atoms. The van der Waals surface area contributed by atoms with Crippen molar-refractivity contribution in [2.24, 2.45) is 0 Å². The lowest BCUT2D eigenvalue weighted by molar-refractivity contribution is -0.120. The second-order valence-corrected chi connectivity index (χ2v) is 7.62. The zero-order chi connectivity index (χ0) is 22.1. The van der Waals surface area contributed by atoms with E-state index in [9.17, 15) is 14.0 Å². The van der Waals surface area contributed by atoms with Gasteiger partial charge in [-0.3, -0.25) is 9.59 Å². The molecule has 31 heavy (non-hydrogen) atoms. The van der Waals surface area contributed by atoms with Crippen LogP contribution in [0.5, 0.6) is 0 Å². The SMILES string of the molecule is CCN(C1=C(c2ccc(C)cc2)C(=O)N(c2ccc(F)c(Cl)c2)C1=O)c1ccccc1. The van der Waals surface area contributed by atoms with Crippen molar-refractivity contribution in [3.63, 3.8) is 0 Å².